The minimum Gasteiger partial charge on any atom is -0.477 e. The van der Waals surface area contributed by atoms with Gasteiger partial charge < -0.3 is 10.1 Å². The van der Waals surface area contributed by atoms with Gasteiger partial charge in [0.05, 0.1) is 16.7 Å². The van der Waals surface area contributed by atoms with Crippen LogP contribution in [0.15, 0.2) is 42.5 Å². The molecule has 24 heavy (non-hydrogen) atoms. The summed E-state index contributed by atoms with van der Waals surface area (Å²) >= 11 is 12.2. The number of carboxylic acids is 1. The van der Waals surface area contributed by atoms with Crippen molar-refractivity contribution in [1.82, 2.24) is 4.98 Å². The topological polar surface area (TPSA) is 76.9 Å². The molecule has 0 radical (unpaired) electrons. The van der Waals surface area contributed by atoms with Crippen LogP contribution in [0.25, 0.3) is 22.6 Å². The number of allylic oxidation sites excluding steroid dienone is 1. The molecule has 0 amide bonds. The van der Waals surface area contributed by atoms with Crippen LogP contribution in [0, 0.1) is 11.3 Å². The van der Waals surface area contributed by atoms with Crippen LogP contribution < -0.4 is 0 Å². The van der Waals surface area contributed by atoms with Gasteiger partial charge in [0.2, 0.25) is 0 Å². The molecule has 3 rings (SSSR count). The molecule has 2 N–H and O–H groups in total. The van der Waals surface area contributed by atoms with E-state index in [0.717, 1.165) is 0 Å². The van der Waals surface area contributed by atoms with Gasteiger partial charge >= 0.3 is 5.97 Å². The number of aromatic carboxylic acids is 1. The van der Waals surface area contributed by atoms with E-state index in [9.17, 15) is 15.2 Å². The maximum absolute atomic E-state index is 11.6. The number of rotatable bonds is 3. The molecule has 0 unspecified atom stereocenters. The number of nitriles is 1. The van der Waals surface area contributed by atoms with Crippen molar-refractivity contribution in [3.05, 3.63) is 69.3 Å². The van der Waals surface area contributed by atoms with Crippen molar-refractivity contribution < 1.29 is 9.90 Å². The Kier molecular flexibility index (Phi) is 4.30. The molecule has 0 fully saturated rings. The van der Waals surface area contributed by atoms with Gasteiger partial charge in [-0.05, 0) is 23.8 Å². The van der Waals surface area contributed by atoms with Crippen molar-refractivity contribution in [3.8, 4) is 6.07 Å². The number of halogens is 2. The van der Waals surface area contributed by atoms with E-state index in [1.54, 1.807) is 30.3 Å². The van der Waals surface area contributed by atoms with Gasteiger partial charge in [-0.3, -0.25) is 0 Å². The average molecular weight is 357 g/mol. The molecule has 1 aromatic heterocycles. The van der Waals surface area contributed by atoms with Gasteiger partial charge in [0.1, 0.15) is 5.69 Å². The quantitative estimate of drug-likeness (QED) is 0.630. The van der Waals surface area contributed by atoms with E-state index < -0.39 is 5.97 Å². The molecule has 118 valence electrons. The van der Waals surface area contributed by atoms with Gasteiger partial charge in [-0.1, -0.05) is 53.5 Å². The molecule has 0 saturated heterocycles. The zero-order valence-electron chi connectivity index (χ0n) is 12.2. The number of aromatic amines is 1. The molecule has 0 spiro atoms. The molecular weight excluding hydrogens is 347 g/mol. The largest absolute Gasteiger partial charge is 0.477 e. The second-order valence-corrected chi connectivity index (χ2v) is 5.91. The first-order valence-electron chi connectivity index (χ1n) is 6.92. The molecule has 3 aromatic rings. The van der Waals surface area contributed by atoms with E-state index >= 15 is 0 Å². The fourth-order valence-electron chi connectivity index (χ4n) is 2.53. The summed E-state index contributed by atoms with van der Waals surface area (Å²) in [4.78, 5) is 14.4. The van der Waals surface area contributed by atoms with E-state index in [0.29, 0.717) is 37.6 Å². The smallest absolute Gasteiger partial charge is 0.352 e. The number of H-pyrrole nitrogens is 1. The second kappa shape index (κ2) is 6.40. The first kappa shape index (κ1) is 16.1. The van der Waals surface area contributed by atoms with Crippen molar-refractivity contribution in [1.29, 1.82) is 5.26 Å². The van der Waals surface area contributed by atoms with E-state index in [-0.39, 0.29) is 5.69 Å². The summed E-state index contributed by atoms with van der Waals surface area (Å²) in [6.07, 6.45) is 1.53. The fourth-order valence-corrected chi connectivity index (χ4v) is 3.12. The highest BCUT2D eigenvalue weighted by Crippen LogP contribution is 2.34. The van der Waals surface area contributed by atoms with Crippen molar-refractivity contribution >= 4 is 51.7 Å². The first-order valence-corrected chi connectivity index (χ1v) is 7.68. The molecule has 0 atom stereocenters. The Hall–Kier alpha value is -2.74. The predicted octanol–water partition coefficient (Wildman–Crippen LogP) is 5.24. The number of aromatic nitrogens is 1. The zero-order chi connectivity index (χ0) is 17.3. The van der Waals surface area contributed by atoms with Crippen molar-refractivity contribution in [3.63, 3.8) is 0 Å². The number of benzene rings is 2. The number of nitrogens with one attached hydrogen (secondary N) is 1. The maximum Gasteiger partial charge on any atom is 0.352 e. The summed E-state index contributed by atoms with van der Waals surface area (Å²) in [5, 5.41) is 20.2. The van der Waals surface area contributed by atoms with Crippen LogP contribution in [0.1, 0.15) is 21.6 Å². The Morgan fingerprint density at radius 1 is 1.21 bits per heavy atom. The van der Waals surface area contributed by atoms with Crippen LogP contribution >= 0.6 is 23.2 Å². The molecule has 0 aliphatic carbocycles. The minimum absolute atomic E-state index is 0.0437. The highest BCUT2D eigenvalue weighted by Gasteiger charge is 2.19. The predicted molar refractivity (Wildman–Crippen MR) is 95.2 cm³/mol. The summed E-state index contributed by atoms with van der Waals surface area (Å²) in [5.41, 5.74) is 1.83. The first-order chi connectivity index (χ1) is 11.5. The molecule has 4 nitrogen and oxygen atoms in total. The summed E-state index contributed by atoms with van der Waals surface area (Å²) in [6.45, 7) is 0. The lowest BCUT2D eigenvalue weighted by atomic mass is 10.0. The Labute approximate surface area is 147 Å². The van der Waals surface area contributed by atoms with Crippen molar-refractivity contribution in [2.45, 2.75) is 0 Å². The van der Waals surface area contributed by atoms with Crippen molar-refractivity contribution in [2.24, 2.45) is 0 Å². The number of fused-ring (bicyclic) bond motifs is 1. The lowest BCUT2D eigenvalue weighted by Crippen LogP contribution is -1.98. The molecule has 1 heterocycles. The van der Waals surface area contributed by atoms with Gasteiger partial charge in [0.15, 0.2) is 0 Å². The van der Waals surface area contributed by atoms with Crippen molar-refractivity contribution in [2.75, 3.05) is 0 Å². The summed E-state index contributed by atoms with van der Waals surface area (Å²) in [5.74, 6) is -1.14. The normalized spacial score (nSPS) is 11.5. The van der Waals surface area contributed by atoms with E-state index in [2.05, 4.69) is 11.1 Å². The highest BCUT2D eigenvalue weighted by atomic mass is 35.5. The maximum atomic E-state index is 11.6. The Balaban J connectivity index is 2.32. The molecule has 0 bridgehead atoms. The molecule has 0 saturated carbocycles. The Morgan fingerprint density at radius 3 is 2.54 bits per heavy atom. The molecule has 0 aliphatic rings. The number of nitrogens with zero attached hydrogens (tertiary/aromatic N) is 1. The van der Waals surface area contributed by atoms with Gasteiger partial charge in [-0.25, -0.2) is 4.79 Å². The van der Waals surface area contributed by atoms with Gasteiger partial charge in [-0.15, -0.1) is 0 Å². The highest BCUT2D eigenvalue weighted by molar-refractivity contribution is 6.39. The van der Waals surface area contributed by atoms with E-state index in [1.165, 1.54) is 12.1 Å². The minimum atomic E-state index is -1.14. The van der Waals surface area contributed by atoms with E-state index in [1.807, 2.05) is 6.07 Å². The summed E-state index contributed by atoms with van der Waals surface area (Å²) < 4.78 is 0. The standard InChI is InChI=1S/C18H10Cl2N2O2/c19-12-7-14(20)16-13(17(18(23)24)22-15(16)8-12)6-11(9-21)10-4-2-1-3-5-10/h1-8,22H,(H,23,24)/b11-6-. The molecular formula is C18H10Cl2N2O2. The molecule has 0 aliphatic heterocycles. The third-order valence-electron chi connectivity index (χ3n) is 3.56. The van der Waals surface area contributed by atoms with Crippen LogP contribution in [-0.2, 0) is 0 Å². The van der Waals surface area contributed by atoms with Crippen LogP contribution in [0.5, 0.6) is 0 Å². The van der Waals surface area contributed by atoms with Gasteiger partial charge in [0, 0.05) is 21.5 Å². The van der Waals surface area contributed by atoms with Crippen LogP contribution in [0.4, 0.5) is 0 Å². The van der Waals surface area contributed by atoms with Gasteiger partial charge in [0.25, 0.3) is 0 Å². The van der Waals surface area contributed by atoms with E-state index in [4.69, 9.17) is 23.2 Å². The van der Waals surface area contributed by atoms with Crippen LogP contribution in [0.3, 0.4) is 0 Å². The van der Waals surface area contributed by atoms with Gasteiger partial charge in [-0.2, -0.15) is 5.26 Å². The average Bonchev–Trinajstić information content (AvgIpc) is 2.92. The Bertz CT molecular complexity index is 1010. The third kappa shape index (κ3) is 2.88. The van der Waals surface area contributed by atoms with Crippen LogP contribution in [-0.4, -0.2) is 16.1 Å². The number of carbonyl (C=O) groups is 1. The third-order valence-corrected chi connectivity index (χ3v) is 4.08. The lowest BCUT2D eigenvalue weighted by Gasteiger charge is -2.01. The SMILES string of the molecule is N#C/C(=C/c1c(C(=O)O)[nH]c2cc(Cl)cc(Cl)c12)c1ccccc1. The zero-order valence-corrected chi connectivity index (χ0v) is 13.7. The number of hydrogen-bond acceptors (Lipinski definition) is 2. The number of hydrogen-bond donors (Lipinski definition) is 2. The fraction of sp³-hybridized carbons (Fsp3) is 0. The summed E-state index contributed by atoms with van der Waals surface area (Å²) in [7, 11) is 0. The Morgan fingerprint density at radius 2 is 1.92 bits per heavy atom. The van der Waals surface area contributed by atoms with Crippen LogP contribution in [0.2, 0.25) is 10.0 Å². The summed E-state index contributed by atoms with van der Waals surface area (Å²) in [6, 6.07) is 14.3. The second-order valence-electron chi connectivity index (χ2n) is 5.06. The lowest BCUT2D eigenvalue weighted by molar-refractivity contribution is 0.0691. The molecule has 6 heteroatoms. The molecule has 2 aromatic carbocycles. The number of carboxylic acid groups (broad SMARTS) is 1. The monoisotopic (exact) mass is 356 g/mol.